The normalized spacial score (nSPS) is 10.8. The molecule has 21 heavy (non-hydrogen) atoms. The molecule has 2 aromatic rings. The van der Waals surface area contributed by atoms with E-state index in [2.05, 4.69) is 27.5 Å². The van der Waals surface area contributed by atoms with Crippen molar-refractivity contribution < 1.29 is 0 Å². The molecule has 0 spiro atoms. The predicted octanol–water partition coefficient (Wildman–Crippen LogP) is 2.69. The van der Waals surface area contributed by atoms with E-state index >= 15 is 0 Å². The van der Waals surface area contributed by atoms with Crippen LogP contribution >= 0.6 is 11.3 Å². The predicted molar refractivity (Wildman–Crippen MR) is 85.8 cm³/mol. The van der Waals surface area contributed by atoms with Crippen LogP contribution in [0.5, 0.6) is 0 Å². The molecule has 2 aromatic heterocycles. The van der Waals surface area contributed by atoms with Crippen LogP contribution in [0.2, 0.25) is 0 Å². The molecule has 7 heteroatoms. The SMILES string of the molecule is CCCCNc1nnc(-c2cc(C)nn(CCC)c2=O)s1. The van der Waals surface area contributed by atoms with E-state index in [1.165, 1.54) is 16.0 Å². The Bertz CT molecular complexity index is 649. The Morgan fingerprint density at radius 3 is 2.81 bits per heavy atom. The van der Waals surface area contributed by atoms with Gasteiger partial charge in [-0.25, -0.2) is 4.68 Å². The van der Waals surface area contributed by atoms with Gasteiger partial charge in [0.25, 0.3) is 5.56 Å². The fourth-order valence-electron chi connectivity index (χ4n) is 1.97. The van der Waals surface area contributed by atoms with Crippen LogP contribution in [0.3, 0.4) is 0 Å². The lowest BCUT2D eigenvalue weighted by molar-refractivity contribution is 0.562. The van der Waals surface area contributed by atoms with Gasteiger partial charge in [-0.1, -0.05) is 31.6 Å². The lowest BCUT2D eigenvalue weighted by Crippen LogP contribution is -2.25. The lowest BCUT2D eigenvalue weighted by Gasteiger charge is -2.05. The van der Waals surface area contributed by atoms with Gasteiger partial charge in [0.2, 0.25) is 5.13 Å². The van der Waals surface area contributed by atoms with Crippen molar-refractivity contribution in [3.8, 4) is 10.6 Å². The molecule has 2 rings (SSSR count). The highest BCUT2D eigenvalue weighted by Gasteiger charge is 2.13. The molecule has 0 aromatic carbocycles. The fraction of sp³-hybridized carbons (Fsp3) is 0.571. The first kappa shape index (κ1) is 15.6. The van der Waals surface area contributed by atoms with Crippen molar-refractivity contribution in [2.75, 3.05) is 11.9 Å². The van der Waals surface area contributed by atoms with Crippen LogP contribution in [0.4, 0.5) is 5.13 Å². The monoisotopic (exact) mass is 307 g/mol. The first-order valence-corrected chi connectivity index (χ1v) is 8.13. The second-order valence-corrected chi connectivity index (χ2v) is 5.90. The van der Waals surface area contributed by atoms with Crippen LogP contribution in [-0.4, -0.2) is 26.5 Å². The maximum absolute atomic E-state index is 12.4. The number of hydrogen-bond donors (Lipinski definition) is 1. The molecule has 0 radical (unpaired) electrons. The summed E-state index contributed by atoms with van der Waals surface area (Å²) in [4.78, 5) is 12.4. The van der Waals surface area contributed by atoms with Gasteiger partial charge in [0, 0.05) is 13.1 Å². The summed E-state index contributed by atoms with van der Waals surface area (Å²) < 4.78 is 1.51. The number of anilines is 1. The molecule has 0 fully saturated rings. The van der Waals surface area contributed by atoms with Gasteiger partial charge in [0.15, 0.2) is 5.01 Å². The van der Waals surface area contributed by atoms with E-state index in [0.29, 0.717) is 17.1 Å². The highest BCUT2D eigenvalue weighted by Crippen LogP contribution is 2.24. The van der Waals surface area contributed by atoms with Crippen molar-refractivity contribution in [3.63, 3.8) is 0 Å². The minimum absolute atomic E-state index is 0.0984. The van der Waals surface area contributed by atoms with Crippen molar-refractivity contribution >= 4 is 16.5 Å². The zero-order valence-electron chi connectivity index (χ0n) is 12.7. The standard InChI is InChI=1S/C14H21N5OS/c1-4-6-7-15-14-17-16-12(21-14)11-9-10(3)18-19(8-5-2)13(11)20/h9H,4-8H2,1-3H3,(H,15,17). The average Bonchev–Trinajstić information content (AvgIpc) is 2.92. The molecule has 0 saturated carbocycles. The molecule has 0 amide bonds. The summed E-state index contributed by atoms with van der Waals surface area (Å²) in [7, 11) is 0. The van der Waals surface area contributed by atoms with Crippen LogP contribution in [0.1, 0.15) is 38.8 Å². The molecular weight excluding hydrogens is 286 g/mol. The largest absolute Gasteiger partial charge is 0.360 e. The highest BCUT2D eigenvalue weighted by atomic mass is 32.1. The molecule has 0 saturated heterocycles. The Kier molecular flexibility index (Phi) is 5.44. The maximum Gasteiger partial charge on any atom is 0.277 e. The average molecular weight is 307 g/mol. The molecule has 2 heterocycles. The number of nitrogens with zero attached hydrogens (tertiary/aromatic N) is 4. The third-order valence-corrected chi connectivity index (χ3v) is 3.91. The van der Waals surface area contributed by atoms with E-state index in [0.717, 1.165) is 36.6 Å². The minimum Gasteiger partial charge on any atom is -0.360 e. The van der Waals surface area contributed by atoms with E-state index in [1.54, 1.807) is 6.07 Å². The molecule has 0 bridgehead atoms. The van der Waals surface area contributed by atoms with Crippen molar-refractivity contribution in [1.82, 2.24) is 20.0 Å². The van der Waals surface area contributed by atoms with Gasteiger partial charge in [-0.15, -0.1) is 10.2 Å². The van der Waals surface area contributed by atoms with Gasteiger partial charge in [0.1, 0.15) is 0 Å². The summed E-state index contributed by atoms with van der Waals surface area (Å²) in [5.41, 5.74) is 1.30. The first-order chi connectivity index (χ1) is 10.2. The number of nitrogens with one attached hydrogen (secondary N) is 1. The molecule has 114 valence electrons. The number of rotatable bonds is 7. The summed E-state index contributed by atoms with van der Waals surface area (Å²) >= 11 is 1.41. The summed E-state index contributed by atoms with van der Waals surface area (Å²) in [6, 6.07) is 1.78. The summed E-state index contributed by atoms with van der Waals surface area (Å²) in [5.74, 6) is 0. The maximum atomic E-state index is 12.4. The zero-order chi connectivity index (χ0) is 15.2. The number of unbranched alkanes of at least 4 members (excludes halogenated alkanes) is 1. The zero-order valence-corrected chi connectivity index (χ0v) is 13.5. The summed E-state index contributed by atoms with van der Waals surface area (Å²) in [6.45, 7) is 7.55. The van der Waals surface area contributed by atoms with Gasteiger partial charge in [-0.2, -0.15) is 5.10 Å². The van der Waals surface area contributed by atoms with E-state index in [4.69, 9.17) is 0 Å². The molecule has 6 nitrogen and oxygen atoms in total. The Labute approximate surface area is 128 Å². The lowest BCUT2D eigenvalue weighted by atomic mass is 10.2. The van der Waals surface area contributed by atoms with E-state index in [1.807, 2.05) is 13.8 Å². The second kappa shape index (κ2) is 7.31. The van der Waals surface area contributed by atoms with Crippen molar-refractivity contribution in [1.29, 1.82) is 0 Å². The third-order valence-electron chi connectivity index (χ3n) is 2.99. The molecule has 0 atom stereocenters. The van der Waals surface area contributed by atoms with Crippen LogP contribution < -0.4 is 10.9 Å². The van der Waals surface area contributed by atoms with Crippen molar-refractivity contribution in [2.45, 2.75) is 46.6 Å². The quantitative estimate of drug-likeness (QED) is 0.796. The minimum atomic E-state index is -0.0984. The topological polar surface area (TPSA) is 72.7 Å². The Morgan fingerprint density at radius 1 is 1.29 bits per heavy atom. The fourth-order valence-corrected chi connectivity index (χ4v) is 2.74. The summed E-state index contributed by atoms with van der Waals surface area (Å²) in [5, 5.41) is 17.1. The Balaban J connectivity index is 2.27. The molecule has 0 aliphatic heterocycles. The van der Waals surface area contributed by atoms with Gasteiger partial charge < -0.3 is 5.32 Å². The van der Waals surface area contributed by atoms with Gasteiger partial charge in [0.05, 0.1) is 11.3 Å². The Morgan fingerprint density at radius 2 is 2.10 bits per heavy atom. The van der Waals surface area contributed by atoms with Crippen LogP contribution in [0, 0.1) is 6.92 Å². The van der Waals surface area contributed by atoms with Crippen LogP contribution in [-0.2, 0) is 6.54 Å². The van der Waals surface area contributed by atoms with Gasteiger partial charge in [-0.3, -0.25) is 4.79 Å². The Hall–Kier alpha value is -1.76. The van der Waals surface area contributed by atoms with Crippen molar-refractivity contribution in [3.05, 3.63) is 22.1 Å². The van der Waals surface area contributed by atoms with E-state index < -0.39 is 0 Å². The third kappa shape index (κ3) is 3.87. The van der Waals surface area contributed by atoms with Gasteiger partial charge >= 0.3 is 0 Å². The van der Waals surface area contributed by atoms with Crippen LogP contribution in [0.25, 0.3) is 10.6 Å². The number of aromatic nitrogens is 4. The van der Waals surface area contributed by atoms with Gasteiger partial charge in [-0.05, 0) is 25.8 Å². The highest BCUT2D eigenvalue weighted by molar-refractivity contribution is 7.18. The molecule has 0 unspecified atom stereocenters. The molecule has 1 N–H and O–H groups in total. The smallest absolute Gasteiger partial charge is 0.277 e. The first-order valence-electron chi connectivity index (χ1n) is 7.32. The molecular formula is C14H21N5OS. The van der Waals surface area contributed by atoms with Crippen molar-refractivity contribution in [2.24, 2.45) is 0 Å². The summed E-state index contributed by atoms with van der Waals surface area (Å²) in [6.07, 6.45) is 3.09. The molecule has 0 aliphatic rings. The van der Waals surface area contributed by atoms with Crippen LogP contribution in [0.15, 0.2) is 10.9 Å². The van der Waals surface area contributed by atoms with E-state index in [-0.39, 0.29) is 5.56 Å². The second-order valence-electron chi connectivity index (χ2n) is 4.92. The molecule has 0 aliphatic carbocycles. The number of aryl methyl sites for hydroxylation is 2. The van der Waals surface area contributed by atoms with E-state index in [9.17, 15) is 4.79 Å². The number of hydrogen-bond acceptors (Lipinski definition) is 6.